The monoisotopic (exact) mass is 285 g/mol. The van der Waals surface area contributed by atoms with Crippen LogP contribution in [0.4, 0.5) is 0 Å². The zero-order valence-electron chi connectivity index (χ0n) is 6.09. The van der Waals surface area contributed by atoms with Crippen molar-refractivity contribution in [3.8, 4) is 0 Å². The second kappa shape index (κ2) is 3.15. The van der Waals surface area contributed by atoms with Crippen LogP contribution in [0.1, 0.15) is 0 Å². The Kier molecular flexibility index (Phi) is 2.15. The van der Waals surface area contributed by atoms with Crippen LogP contribution in [-0.2, 0) is 0 Å². The maximum absolute atomic E-state index is 4.05. The molecule has 3 heteroatoms. The fourth-order valence-electron chi connectivity index (χ4n) is 1.13. The van der Waals surface area contributed by atoms with Crippen molar-refractivity contribution in [2.45, 2.75) is 0 Å². The molecule has 12 heavy (non-hydrogen) atoms. The molecule has 1 aromatic heterocycles. The van der Waals surface area contributed by atoms with E-state index in [0.29, 0.717) is 0 Å². The van der Waals surface area contributed by atoms with Crippen molar-refractivity contribution < 1.29 is 0 Å². The van der Waals surface area contributed by atoms with Crippen LogP contribution >= 0.6 is 31.9 Å². The molecule has 0 fully saturated rings. The van der Waals surface area contributed by atoms with Gasteiger partial charge in [-0.25, -0.2) is 0 Å². The lowest BCUT2D eigenvalue weighted by atomic mass is 10.2. The van der Waals surface area contributed by atoms with Gasteiger partial charge in [-0.3, -0.25) is 4.98 Å². The molecule has 2 aromatic rings. The van der Waals surface area contributed by atoms with Crippen molar-refractivity contribution in [2.24, 2.45) is 0 Å². The standard InChI is InChI=1S/C9H5Br2N/c10-7-3-6-5-12-2-1-8(6)9(11)4-7/h1-5H. The third kappa shape index (κ3) is 1.39. The number of fused-ring (bicyclic) bond motifs is 1. The number of rotatable bonds is 0. The van der Waals surface area contributed by atoms with Gasteiger partial charge >= 0.3 is 0 Å². The number of halogens is 2. The average Bonchev–Trinajstić information content (AvgIpc) is 2.04. The van der Waals surface area contributed by atoms with Gasteiger partial charge in [0.15, 0.2) is 0 Å². The van der Waals surface area contributed by atoms with Crippen LogP contribution < -0.4 is 0 Å². The first-order chi connectivity index (χ1) is 5.77. The predicted molar refractivity (Wildman–Crippen MR) is 57.1 cm³/mol. The van der Waals surface area contributed by atoms with Crippen molar-refractivity contribution in [2.75, 3.05) is 0 Å². The summed E-state index contributed by atoms with van der Waals surface area (Å²) in [6.45, 7) is 0. The van der Waals surface area contributed by atoms with E-state index in [1.807, 2.05) is 24.4 Å². The Hall–Kier alpha value is -0.410. The van der Waals surface area contributed by atoms with Crippen LogP contribution in [0.5, 0.6) is 0 Å². The van der Waals surface area contributed by atoms with E-state index in [9.17, 15) is 0 Å². The molecule has 0 saturated heterocycles. The lowest BCUT2D eigenvalue weighted by Crippen LogP contribution is -1.76. The summed E-state index contributed by atoms with van der Waals surface area (Å²) >= 11 is 6.92. The molecule has 0 aliphatic heterocycles. The molecule has 1 heterocycles. The Balaban J connectivity index is 2.89. The highest BCUT2D eigenvalue weighted by atomic mass is 79.9. The largest absolute Gasteiger partial charge is 0.264 e. The third-order valence-corrected chi connectivity index (χ3v) is 2.78. The molecule has 0 aliphatic carbocycles. The minimum atomic E-state index is 1.06. The Morgan fingerprint density at radius 2 is 2.00 bits per heavy atom. The summed E-state index contributed by atoms with van der Waals surface area (Å²) in [4.78, 5) is 4.05. The van der Waals surface area contributed by atoms with Gasteiger partial charge in [0.25, 0.3) is 0 Å². The van der Waals surface area contributed by atoms with Gasteiger partial charge in [-0.05, 0) is 23.6 Å². The molecule has 0 N–H and O–H groups in total. The number of hydrogen-bond acceptors (Lipinski definition) is 1. The van der Waals surface area contributed by atoms with E-state index in [0.717, 1.165) is 14.3 Å². The van der Waals surface area contributed by atoms with Gasteiger partial charge < -0.3 is 0 Å². The van der Waals surface area contributed by atoms with E-state index < -0.39 is 0 Å². The Labute approximate surface area is 87.1 Å². The molecule has 0 radical (unpaired) electrons. The molecule has 0 aliphatic rings. The van der Waals surface area contributed by atoms with Crippen LogP contribution in [0.3, 0.4) is 0 Å². The molecule has 2 rings (SSSR count). The molecular weight excluding hydrogens is 282 g/mol. The predicted octanol–water partition coefficient (Wildman–Crippen LogP) is 3.76. The number of nitrogens with zero attached hydrogens (tertiary/aromatic N) is 1. The van der Waals surface area contributed by atoms with Gasteiger partial charge in [0, 0.05) is 26.7 Å². The molecule has 0 unspecified atom stereocenters. The van der Waals surface area contributed by atoms with Crippen LogP contribution in [-0.4, -0.2) is 4.98 Å². The normalized spacial score (nSPS) is 10.5. The highest BCUT2D eigenvalue weighted by molar-refractivity contribution is 9.11. The van der Waals surface area contributed by atoms with Crippen LogP contribution in [0.25, 0.3) is 10.8 Å². The number of aromatic nitrogens is 1. The minimum Gasteiger partial charge on any atom is -0.264 e. The Bertz CT molecular complexity index is 426. The summed E-state index contributed by atoms with van der Waals surface area (Å²) in [7, 11) is 0. The molecule has 60 valence electrons. The summed E-state index contributed by atoms with van der Waals surface area (Å²) in [6, 6.07) is 6.07. The van der Waals surface area contributed by atoms with Crippen molar-refractivity contribution in [3.05, 3.63) is 39.5 Å². The van der Waals surface area contributed by atoms with E-state index >= 15 is 0 Å². The fourth-order valence-corrected chi connectivity index (χ4v) is 2.52. The summed E-state index contributed by atoms with van der Waals surface area (Å²) in [6.07, 6.45) is 3.64. The van der Waals surface area contributed by atoms with Crippen molar-refractivity contribution in [1.82, 2.24) is 4.98 Å². The topological polar surface area (TPSA) is 12.9 Å². The summed E-state index contributed by atoms with van der Waals surface area (Å²) in [5.41, 5.74) is 0. The van der Waals surface area contributed by atoms with Gasteiger partial charge in [-0.15, -0.1) is 0 Å². The quantitative estimate of drug-likeness (QED) is 0.719. The van der Waals surface area contributed by atoms with Gasteiger partial charge in [0.2, 0.25) is 0 Å². The van der Waals surface area contributed by atoms with Crippen LogP contribution in [0.2, 0.25) is 0 Å². The first kappa shape index (κ1) is 8.20. The smallest absolute Gasteiger partial charge is 0.0347 e. The second-order valence-electron chi connectivity index (χ2n) is 2.48. The van der Waals surface area contributed by atoms with Crippen LogP contribution in [0, 0.1) is 0 Å². The molecule has 1 aromatic carbocycles. The Morgan fingerprint density at radius 3 is 2.83 bits per heavy atom. The lowest BCUT2D eigenvalue weighted by Gasteiger charge is -1.99. The maximum atomic E-state index is 4.05. The van der Waals surface area contributed by atoms with Gasteiger partial charge in [0.1, 0.15) is 0 Å². The molecule has 0 amide bonds. The van der Waals surface area contributed by atoms with Crippen molar-refractivity contribution in [3.63, 3.8) is 0 Å². The summed E-state index contributed by atoms with van der Waals surface area (Å²) < 4.78 is 2.16. The SMILES string of the molecule is Brc1cc(Br)c2ccncc2c1. The van der Waals surface area contributed by atoms with Crippen molar-refractivity contribution >= 4 is 42.6 Å². The highest BCUT2D eigenvalue weighted by Gasteiger charge is 1.98. The van der Waals surface area contributed by atoms with E-state index in [-0.39, 0.29) is 0 Å². The molecular formula is C9H5Br2N. The summed E-state index contributed by atoms with van der Waals surface area (Å²) in [5.74, 6) is 0. The third-order valence-electron chi connectivity index (χ3n) is 1.67. The van der Waals surface area contributed by atoms with Gasteiger partial charge in [-0.2, -0.15) is 0 Å². The number of benzene rings is 1. The fraction of sp³-hybridized carbons (Fsp3) is 0. The molecule has 0 atom stereocenters. The van der Waals surface area contributed by atoms with E-state index in [1.165, 1.54) is 5.39 Å². The summed E-state index contributed by atoms with van der Waals surface area (Å²) in [5, 5.41) is 2.33. The Morgan fingerprint density at radius 1 is 1.17 bits per heavy atom. The number of hydrogen-bond donors (Lipinski definition) is 0. The van der Waals surface area contributed by atoms with E-state index in [4.69, 9.17) is 0 Å². The highest BCUT2D eigenvalue weighted by Crippen LogP contribution is 2.27. The number of pyridine rings is 1. The lowest BCUT2D eigenvalue weighted by molar-refractivity contribution is 1.36. The zero-order chi connectivity index (χ0) is 8.55. The molecule has 0 spiro atoms. The minimum absolute atomic E-state index is 1.06. The van der Waals surface area contributed by atoms with Crippen LogP contribution in [0.15, 0.2) is 39.5 Å². The second-order valence-corrected chi connectivity index (χ2v) is 4.25. The first-order valence-corrected chi connectivity index (χ1v) is 5.05. The van der Waals surface area contributed by atoms with E-state index in [1.54, 1.807) is 6.20 Å². The van der Waals surface area contributed by atoms with Gasteiger partial charge in [0.05, 0.1) is 0 Å². The molecule has 0 saturated carbocycles. The average molecular weight is 287 g/mol. The van der Waals surface area contributed by atoms with Crippen molar-refractivity contribution in [1.29, 1.82) is 0 Å². The maximum Gasteiger partial charge on any atom is 0.0347 e. The van der Waals surface area contributed by atoms with Gasteiger partial charge in [-0.1, -0.05) is 31.9 Å². The molecule has 0 bridgehead atoms. The van der Waals surface area contributed by atoms with E-state index in [2.05, 4.69) is 36.8 Å². The zero-order valence-corrected chi connectivity index (χ0v) is 9.26. The molecule has 1 nitrogen and oxygen atoms in total. The first-order valence-electron chi connectivity index (χ1n) is 3.46.